The van der Waals surface area contributed by atoms with Gasteiger partial charge in [0.2, 0.25) is 11.8 Å². The van der Waals surface area contributed by atoms with Crippen LogP contribution in [0.2, 0.25) is 5.02 Å². The van der Waals surface area contributed by atoms with Crippen LogP contribution in [-0.4, -0.2) is 44.3 Å². The number of aryl methyl sites for hydroxylation is 3. The first-order valence-corrected chi connectivity index (χ1v) is 16.8. The van der Waals surface area contributed by atoms with Gasteiger partial charge in [-0.3, -0.25) is 13.9 Å². The monoisotopic (exact) mass is 645 g/mol. The summed E-state index contributed by atoms with van der Waals surface area (Å²) < 4.78 is 29.6. The molecule has 7 nitrogen and oxygen atoms in total. The Bertz CT molecular complexity index is 1730. The third-order valence-electron chi connectivity index (χ3n) is 7.63. The van der Waals surface area contributed by atoms with Crippen LogP contribution in [0.25, 0.3) is 0 Å². The third-order valence-corrected chi connectivity index (χ3v) is 9.77. The molecule has 0 bridgehead atoms. The van der Waals surface area contributed by atoms with Gasteiger partial charge >= 0.3 is 0 Å². The SMILES string of the molecule is CCCNC(=O)C(Cc1ccccc1)N(Cc1ccccc1Cl)C(=O)CN(c1ccc(C)cc1C)S(=O)(=O)c1ccc(C)cc1. The van der Waals surface area contributed by atoms with E-state index in [1.807, 2.05) is 76.2 Å². The number of sulfonamides is 1. The van der Waals surface area contributed by atoms with Crippen LogP contribution in [0.1, 0.15) is 41.2 Å². The van der Waals surface area contributed by atoms with Gasteiger partial charge in [0.15, 0.2) is 0 Å². The highest BCUT2D eigenvalue weighted by molar-refractivity contribution is 7.92. The van der Waals surface area contributed by atoms with Crippen LogP contribution in [0.15, 0.2) is 102 Å². The second-order valence-corrected chi connectivity index (χ2v) is 13.5. The van der Waals surface area contributed by atoms with Gasteiger partial charge < -0.3 is 10.2 Å². The first-order valence-electron chi connectivity index (χ1n) is 15.0. The van der Waals surface area contributed by atoms with Crippen molar-refractivity contribution in [1.82, 2.24) is 10.2 Å². The second kappa shape index (κ2) is 15.2. The van der Waals surface area contributed by atoms with Crippen molar-refractivity contribution in [2.24, 2.45) is 0 Å². The van der Waals surface area contributed by atoms with Crippen molar-refractivity contribution in [3.8, 4) is 0 Å². The van der Waals surface area contributed by atoms with Gasteiger partial charge in [-0.2, -0.15) is 0 Å². The summed E-state index contributed by atoms with van der Waals surface area (Å²) in [5, 5.41) is 3.40. The summed E-state index contributed by atoms with van der Waals surface area (Å²) in [5.74, 6) is -0.848. The Morgan fingerprint density at radius 3 is 2.13 bits per heavy atom. The molecule has 4 aromatic rings. The lowest BCUT2D eigenvalue weighted by Crippen LogP contribution is -2.53. The van der Waals surface area contributed by atoms with E-state index in [2.05, 4.69) is 5.32 Å². The Hall–Kier alpha value is -4.14. The van der Waals surface area contributed by atoms with E-state index in [-0.39, 0.29) is 23.8 Å². The summed E-state index contributed by atoms with van der Waals surface area (Å²) in [6.07, 6.45) is 0.957. The Morgan fingerprint density at radius 2 is 1.49 bits per heavy atom. The molecule has 0 aliphatic heterocycles. The first kappa shape index (κ1) is 33.7. The number of benzene rings is 4. The largest absolute Gasteiger partial charge is 0.354 e. The molecule has 4 aromatic carbocycles. The lowest BCUT2D eigenvalue weighted by atomic mass is 10.0. The third kappa shape index (κ3) is 8.53. The zero-order valence-electron chi connectivity index (χ0n) is 26.2. The molecular formula is C36H40ClN3O4S. The van der Waals surface area contributed by atoms with Crippen LogP contribution < -0.4 is 9.62 Å². The summed E-state index contributed by atoms with van der Waals surface area (Å²) in [6, 6.07) is 27.7. The number of hydrogen-bond acceptors (Lipinski definition) is 4. The minimum absolute atomic E-state index is 0.0147. The van der Waals surface area contributed by atoms with Crippen LogP contribution in [0, 0.1) is 20.8 Å². The molecule has 2 amide bonds. The highest BCUT2D eigenvalue weighted by Crippen LogP contribution is 2.29. The van der Waals surface area contributed by atoms with Crippen molar-refractivity contribution in [2.45, 2.75) is 58.0 Å². The number of halogens is 1. The van der Waals surface area contributed by atoms with E-state index >= 15 is 0 Å². The van der Waals surface area contributed by atoms with E-state index in [0.717, 1.165) is 27.4 Å². The minimum atomic E-state index is -4.18. The van der Waals surface area contributed by atoms with Crippen molar-refractivity contribution < 1.29 is 18.0 Å². The van der Waals surface area contributed by atoms with Gasteiger partial charge in [-0.05, 0) is 68.1 Å². The van der Waals surface area contributed by atoms with Crippen LogP contribution in [0.5, 0.6) is 0 Å². The quantitative estimate of drug-likeness (QED) is 0.177. The highest BCUT2D eigenvalue weighted by Gasteiger charge is 2.35. The number of carbonyl (C=O) groups is 2. The molecule has 0 aliphatic rings. The molecule has 0 aliphatic carbocycles. The molecular weight excluding hydrogens is 606 g/mol. The van der Waals surface area contributed by atoms with Crippen molar-refractivity contribution in [3.63, 3.8) is 0 Å². The molecule has 236 valence electrons. The molecule has 0 fully saturated rings. The van der Waals surface area contributed by atoms with Crippen LogP contribution >= 0.6 is 11.6 Å². The van der Waals surface area contributed by atoms with Crippen molar-refractivity contribution in [1.29, 1.82) is 0 Å². The maximum atomic E-state index is 14.6. The zero-order chi connectivity index (χ0) is 32.6. The highest BCUT2D eigenvalue weighted by atomic mass is 35.5. The van der Waals surface area contributed by atoms with Crippen molar-refractivity contribution in [2.75, 3.05) is 17.4 Å². The first-order chi connectivity index (χ1) is 21.5. The second-order valence-electron chi connectivity index (χ2n) is 11.2. The topological polar surface area (TPSA) is 86.8 Å². The zero-order valence-corrected chi connectivity index (χ0v) is 27.7. The number of hydrogen-bond donors (Lipinski definition) is 1. The molecule has 1 N–H and O–H groups in total. The fraction of sp³-hybridized carbons (Fsp3) is 0.278. The predicted octanol–water partition coefficient (Wildman–Crippen LogP) is 6.63. The van der Waals surface area contributed by atoms with Crippen molar-refractivity contribution in [3.05, 3.63) is 130 Å². The average molecular weight is 646 g/mol. The molecule has 0 spiro atoms. The summed E-state index contributed by atoms with van der Waals surface area (Å²) in [5.41, 5.74) is 4.49. The summed E-state index contributed by atoms with van der Waals surface area (Å²) in [6.45, 7) is 7.52. The average Bonchev–Trinajstić information content (AvgIpc) is 3.02. The predicted molar refractivity (Wildman–Crippen MR) is 181 cm³/mol. The van der Waals surface area contributed by atoms with Crippen molar-refractivity contribution >= 4 is 39.1 Å². The van der Waals surface area contributed by atoms with E-state index in [0.29, 0.717) is 28.4 Å². The molecule has 1 atom stereocenters. The van der Waals surface area contributed by atoms with Gasteiger partial charge in [-0.25, -0.2) is 8.42 Å². The molecule has 0 saturated carbocycles. The van der Waals surface area contributed by atoms with Crippen LogP contribution in [0.4, 0.5) is 5.69 Å². The number of nitrogens with zero attached hydrogens (tertiary/aromatic N) is 2. The van der Waals surface area contributed by atoms with Gasteiger partial charge in [0.1, 0.15) is 12.6 Å². The normalized spacial score (nSPS) is 11.9. The number of anilines is 1. The van der Waals surface area contributed by atoms with Crippen LogP contribution in [-0.2, 0) is 32.6 Å². The summed E-state index contributed by atoms with van der Waals surface area (Å²) in [7, 11) is -4.18. The number of carbonyl (C=O) groups excluding carboxylic acids is 2. The Labute approximate surface area is 271 Å². The van der Waals surface area contributed by atoms with Gasteiger partial charge in [0.25, 0.3) is 10.0 Å². The Balaban J connectivity index is 1.83. The fourth-order valence-electron chi connectivity index (χ4n) is 5.17. The van der Waals surface area contributed by atoms with Gasteiger partial charge in [-0.15, -0.1) is 0 Å². The molecule has 1 unspecified atom stereocenters. The van der Waals surface area contributed by atoms with Gasteiger partial charge in [-0.1, -0.05) is 102 Å². The standard InChI is InChI=1S/C36H40ClN3O4S/c1-5-21-38-36(42)34(23-29-11-7-6-8-12-29)39(24-30-13-9-10-14-32(30)37)35(41)25-40(33-20-17-27(3)22-28(33)4)45(43,44)31-18-15-26(2)16-19-31/h6-20,22,34H,5,21,23-25H2,1-4H3,(H,38,42). The molecule has 4 rings (SSSR count). The molecule has 0 aromatic heterocycles. The molecule has 45 heavy (non-hydrogen) atoms. The Morgan fingerprint density at radius 1 is 0.844 bits per heavy atom. The number of amides is 2. The van der Waals surface area contributed by atoms with E-state index in [4.69, 9.17) is 11.6 Å². The number of nitrogens with one attached hydrogen (secondary N) is 1. The summed E-state index contributed by atoms with van der Waals surface area (Å²) in [4.78, 5) is 29.8. The maximum Gasteiger partial charge on any atom is 0.264 e. The molecule has 0 saturated heterocycles. The Kier molecular flexibility index (Phi) is 11.4. The smallest absolute Gasteiger partial charge is 0.264 e. The van der Waals surface area contributed by atoms with E-state index in [1.54, 1.807) is 48.5 Å². The van der Waals surface area contributed by atoms with E-state index in [1.165, 1.54) is 4.90 Å². The lowest BCUT2D eigenvalue weighted by molar-refractivity contribution is -0.140. The van der Waals surface area contributed by atoms with E-state index < -0.39 is 28.5 Å². The van der Waals surface area contributed by atoms with E-state index in [9.17, 15) is 18.0 Å². The molecule has 9 heteroatoms. The summed E-state index contributed by atoms with van der Waals surface area (Å²) >= 11 is 6.56. The van der Waals surface area contributed by atoms with Gasteiger partial charge in [0, 0.05) is 24.5 Å². The fourth-order valence-corrected chi connectivity index (χ4v) is 6.84. The maximum absolute atomic E-state index is 14.6. The van der Waals surface area contributed by atoms with Gasteiger partial charge in [0.05, 0.1) is 10.6 Å². The number of rotatable bonds is 13. The molecule has 0 heterocycles. The lowest BCUT2D eigenvalue weighted by Gasteiger charge is -2.34. The minimum Gasteiger partial charge on any atom is -0.354 e. The van der Waals surface area contributed by atoms with Crippen LogP contribution in [0.3, 0.4) is 0 Å². The molecule has 0 radical (unpaired) electrons.